The summed E-state index contributed by atoms with van der Waals surface area (Å²) in [7, 11) is 0. The summed E-state index contributed by atoms with van der Waals surface area (Å²) >= 11 is 3.60. The van der Waals surface area contributed by atoms with Crippen molar-refractivity contribution in [2.45, 2.75) is 39.2 Å². The van der Waals surface area contributed by atoms with Gasteiger partial charge in [-0.2, -0.15) is 0 Å². The molecule has 0 aliphatic carbocycles. The topological polar surface area (TPSA) is 105 Å². The van der Waals surface area contributed by atoms with E-state index in [-0.39, 0.29) is 32.3 Å². The summed E-state index contributed by atoms with van der Waals surface area (Å²) in [5.41, 5.74) is 4.52. The Kier molecular flexibility index (Phi) is 8.48. The number of pyridine rings is 1. The van der Waals surface area contributed by atoms with Gasteiger partial charge in [0.25, 0.3) is 0 Å². The molecule has 0 saturated carbocycles. The molecule has 1 aliphatic rings. The van der Waals surface area contributed by atoms with Gasteiger partial charge in [0.15, 0.2) is 0 Å². The number of hydrogen-bond acceptors (Lipinski definition) is 8. The molecular formula is C26H27BrN4O5. The van der Waals surface area contributed by atoms with Crippen LogP contribution in [-0.4, -0.2) is 52.2 Å². The summed E-state index contributed by atoms with van der Waals surface area (Å²) in [4.78, 5) is 37.6. The van der Waals surface area contributed by atoms with Gasteiger partial charge in [-0.1, -0.05) is 22.0 Å². The summed E-state index contributed by atoms with van der Waals surface area (Å²) in [5.74, 6) is 0.392. The number of halogens is 1. The molecule has 0 saturated heterocycles. The number of imidazole rings is 1. The number of aliphatic imine (C=N–C) groups is 1. The second-order valence-corrected chi connectivity index (χ2v) is 9.02. The first-order valence-electron chi connectivity index (χ1n) is 11.8. The number of carbonyl (C=O) groups is 2. The minimum Gasteiger partial charge on any atom is -0.466 e. The van der Waals surface area contributed by atoms with E-state index in [2.05, 4.69) is 47.3 Å². The number of hydrogen-bond donors (Lipinski definition) is 0. The van der Waals surface area contributed by atoms with Crippen molar-refractivity contribution in [2.75, 3.05) is 19.8 Å². The lowest BCUT2D eigenvalue weighted by atomic mass is 10.0. The Morgan fingerprint density at radius 3 is 2.72 bits per heavy atom. The van der Waals surface area contributed by atoms with Crippen molar-refractivity contribution in [3.63, 3.8) is 0 Å². The van der Waals surface area contributed by atoms with Crippen LogP contribution >= 0.6 is 15.9 Å². The number of nitrogens with zero attached hydrogens (tertiary/aromatic N) is 4. The van der Waals surface area contributed by atoms with E-state index in [1.165, 1.54) is 0 Å². The molecule has 4 rings (SSSR count). The lowest BCUT2D eigenvalue weighted by Gasteiger charge is -2.14. The zero-order chi connectivity index (χ0) is 25.5. The van der Waals surface area contributed by atoms with Crippen LogP contribution in [0, 0.1) is 6.92 Å². The quantitative estimate of drug-likeness (QED) is 0.267. The lowest BCUT2D eigenvalue weighted by Crippen LogP contribution is -2.14. The number of benzene rings is 1. The van der Waals surface area contributed by atoms with Crippen LogP contribution in [0.4, 0.5) is 4.79 Å². The Morgan fingerprint density at radius 1 is 1.08 bits per heavy atom. The molecular weight excluding hydrogens is 528 g/mol. The minimum absolute atomic E-state index is 0.0298. The Balaban J connectivity index is 1.49. The normalized spacial score (nSPS) is 14.2. The largest absolute Gasteiger partial charge is 0.508 e. The highest BCUT2D eigenvalue weighted by Crippen LogP contribution is 2.34. The summed E-state index contributed by atoms with van der Waals surface area (Å²) in [6.45, 7) is 4.06. The zero-order valence-corrected chi connectivity index (χ0v) is 21.7. The van der Waals surface area contributed by atoms with Gasteiger partial charge in [0.2, 0.25) is 0 Å². The van der Waals surface area contributed by atoms with E-state index in [1.54, 1.807) is 13.1 Å². The van der Waals surface area contributed by atoms with Crippen molar-refractivity contribution < 1.29 is 23.8 Å². The third-order valence-electron chi connectivity index (χ3n) is 5.58. The second-order valence-electron chi connectivity index (χ2n) is 8.11. The number of aromatic nitrogens is 3. The average Bonchev–Trinajstić information content (AvgIpc) is 3.18. The maximum absolute atomic E-state index is 12.0. The molecule has 0 N–H and O–H groups in total. The minimum atomic E-state index is -0.793. The van der Waals surface area contributed by atoms with Gasteiger partial charge in [0.05, 0.1) is 36.7 Å². The van der Waals surface area contributed by atoms with Crippen LogP contribution in [0.5, 0.6) is 0 Å². The molecule has 2 aromatic heterocycles. The van der Waals surface area contributed by atoms with Crippen molar-refractivity contribution in [2.24, 2.45) is 4.99 Å². The molecule has 0 bridgehead atoms. The third-order valence-corrected chi connectivity index (χ3v) is 6.08. The van der Waals surface area contributed by atoms with Crippen LogP contribution in [0.1, 0.15) is 55.0 Å². The first-order chi connectivity index (χ1) is 17.5. The van der Waals surface area contributed by atoms with Gasteiger partial charge in [0, 0.05) is 28.1 Å². The van der Waals surface area contributed by atoms with Gasteiger partial charge >= 0.3 is 12.1 Å². The highest BCUT2D eigenvalue weighted by molar-refractivity contribution is 9.10. The van der Waals surface area contributed by atoms with Crippen LogP contribution in [0.25, 0.3) is 5.69 Å². The van der Waals surface area contributed by atoms with E-state index in [0.29, 0.717) is 12.8 Å². The Labute approximate surface area is 217 Å². The van der Waals surface area contributed by atoms with E-state index in [1.807, 2.05) is 37.4 Å². The molecule has 3 aromatic rings. The number of esters is 1. The average molecular weight is 555 g/mol. The summed E-state index contributed by atoms with van der Waals surface area (Å²) in [5, 5.41) is 0. The lowest BCUT2D eigenvalue weighted by molar-refractivity contribution is -0.144. The van der Waals surface area contributed by atoms with Crippen molar-refractivity contribution in [3.05, 3.63) is 76.0 Å². The fraction of sp³-hybridized carbons (Fsp3) is 0.346. The number of ether oxygens (including phenoxy) is 3. The molecule has 188 valence electrons. The smallest absolute Gasteiger partial charge is 0.466 e. The van der Waals surface area contributed by atoms with Crippen LogP contribution < -0.4 is 0 Å². The van der Waals surface area contributed by atoms with E-state index in [4.69, 9.17) is 14.5 Å². The van der Waals surface area contributed by atoms with E-state index >= 15 is 0 Å². The van der Waals surface area contributed by atoms with E-state index in [0.717, 1.165) is 38.6 Å². The molecule has 0 amide bonds. The maximum atomic E-state index is 12.0. The number of carbonyl (C=O) groups excluding carboxylic acids is 2. The van der Waals surface area contributed by atoms with Gasteiger partial charge < -0.3 is 14.2 Å². The van der Waals surface area contributed by atoms with E-state index < -0.39 is 12.1 Å². The van der Waals surface area contributed by atoms with Crippen LogP contribution in [-0.2, 0) is 19.0 Å². The number of fused-ring (bicyclic) bond motifs is 3. The molecule has 1 atom stereocenters. The van der Waals surface area contributed by atoms with Crippen molar-refractivity contribution >= 4 is 33.8 Å². The van der Waals surface area contributed by atoms with Crippen molar-refractivity contribution in [1.29, 1.82) is 0 Å². The first kappa shape index (κ1) is 25.6. The molecule has 1 aliphatic heterocycles. The van der Waals surface area contributed by atoms with Gasteiger partial charge in [-0.3, -0.25) is 19.3 Å². The standard InChI is InChI=1S/C26H27BrN4O5/c1-3-34-26(33)36-14-11-23(32)35-13-6-8-21-25-29-16-17(2)31(25)22-10-9-18(27)15-19(22)24(30-21)20-7-4-5-12-28-20/h4-5,7,9-10,12,15-16,21H,3,6,8,11,13-14H2,1-2H3/t21-/m0/s1. The molecule has 0 radical (unpaired) electrons. The third kappa shape index (κ3) is 5.99. The van der Waals surface area contributed by atoms with Gasteiger partial charge in [-0.25, -0.2) is 9.78 Å². The summed E-state index contributed by atoms with van der Waals surface area (Å²) < 4.78 is 17.9. The molecule has 3 heterocycles. The molecule has 1 aromatic carbocycles. The Morgan fingerprint density at radius 2 is 1.94 bits per heavy atom. The number of rotatable bonds is 9. The van der Waals surface area contributed by atoms with Crippen molar-refractivity contribution in [1.82, 2.24) is 14.5 Å². The molecule has 36 heavy (non-hydrogen) atoms. The predicted molar refractivity (Wildman–Crippen MR) is 136 cm³/mol. The molecule has 9 nitrogen and oxygen atoms in total. The molecule has 0 unspecified atom stereocenters. The van der Waals surface area contributed by atoms with Crippen LogP contribution in [0.15, 0.2) is 58.3 Å². The molecule has 0 fully saturated rings. The highest BCUT2D eigenvalue weighted by Gasteiger charge is 2.27. The van der Waals surface area contributed by atoms with Gasteiger partial charge in [-0.05, 0) is 57.0 Å². The van der Waals surface area contributed by atoms with Crippen molar-refractivity contribution in [3.8, 4) is 5.69 Å². The number of aryl methyl sites for hydroxylation is 1. The van der Waals surface area contributed by atoms with Gasteiger partial charge in [0.1, 0.15) is 18.5 Å². The second kappa shape index (κ2) is 11.9. The fourth-order valence-electron chi connectivity index (χ4n) is 3.99. The Bertz CT molecular complexity index is 1260. The van der Waals surface area contributed by atoms with Gasteiger partial charge in [-0.15, -0.1) is 0 Å². The van der Waals surface area contributed by atoms with Crippen LogP contribution in [0.3, 0.4) is 0 Å². The monoisotopic (exact) mass is 554 g/mol. The maximum Gasteiger partial charge on any atom is 0.508 e. The Hall–Kier alpha value is -3.53. The first-order valence-corrected chi connectivity index (χ1v) is 12.6. The highest BCUT2D eigenvalue weighted by atomic mass is 79.9. The molecule has 10 heteroatoms. The zero-order valence-electron chi connectivity index (χ0n) is 20.1. The summed E-state index contributed by atoms with van der Waals surface area (Å²) in [6, 6.07) is 11.6. The fourth-order valence-corrected chi connectivity index (χ4v) is 4.35. The predicted octanol–water partition coefficient (Wildman–Crippen LogP) is 5.12. The van der Waals surface area contributed by atoms with Crippen LogP contribution in [0.2, 0.25) is 0 Å². The van der Waals surface area contributed by atoms with E-state index in [9.17, 15) is 9.59 Å². The molecule has 0 spiro atoms. The SMILES string of the molecule is CCOC(=O)OCCC(=O)OCCC[C@@H]1N=C(c2ccccn2)c2cc(Br)ccc2-n2c(C)cnc21. The summed E-state index contributed by atoms with van der Waals surface area (Å²) in [6.07, 6.45) is 3.98.